The number of hydrogen-bond donors (Lipinski definition) is 0. The molecule has 0 saturated heterocycles. The van der Waals surface area contributed by atoms with Gasteiger partial charge in [0.25, 0.3) is 0 Å². The van der Waals surface area contributed by atoms with Crippen LogP contribution in [0.2, 0.25) is 0 Å². The molecule has 2 aliphatic heterocycles. The molecule has 1 aromatic heterocycles. The van der Waals surface area contributed by atoms with E-state index in [9.17, 15) is 0 Å². The molecule has 35 heavy (non-hydrogen) atoms. The molecule has 8 rings (SSSR count). The van der Waals surface area contributed by atoms with Crippen LogP contribution in [0.5, 0.6) is 0 Å². The maximum Gasteiger partial charge on any atom is 0.247 e. The third kappa shape index (κ3) is 2.35. The van der Waals surface area contributed by atoms with Crippen LogP contribution >= 0.6 is 0 Å². The highest BCUT2D eigenvalue weighted by Gasteiger charge is 2.44. The molecule has 6 aromatic rings. The first kappa shape index (κ1) is 19.3. The molecule has 0 fully saturated rings. The van der Waals surface area contributed by atoms with Crippen molar-refractivity contribution in [2.24, 2.45) is 0 Å². The number of rotatable bonds is 1. The summed E-state index contributed by atoms with van der Waals surface area (Å²) in [7, 11) is 0. The quantitative estimate of drug-likeness (QED) is 0.277. The smallest absolute Gasteiger partial charge is 0.247 e. The van der Waals surface area contributed by atoms with Crippen LogP contribution < -0.4 is 16.4 Å². The molecule has 5 aromatic carbocycles. The molecule has 0 N–H and O–H groups in total. The Morgan fingerprint density at radius 2 is 1.34 bits per heavy atom. The number of fused-ring (bicyclic) bond motifs is 7. The molecule has 0 unspecified atom stereocenters. The summed E-state index contributed by atoms with van der Waals surface area (Å²) in [6.07, 6.45) is 0. The zero-order chi connectivity index (χ0) is 23.3. The van der Waals surface area contributed by atoms with E-state index in [4.69, 9.17) is 0 Å². The summed E-state index contributed by atoms with van der Waals surface area (Å²) in [4.78, 5) is 0. The summed E-state index contributed by atoms with van der Waals surface area (Å²) >= 11 is 0. The molecular formula is C33H24BN. The van der Waals surface area contributed by atoms with E-state index < -0.39 is 0 Å². The van der Waals surface area contributed by atoms with Crippen molar-refractivity contribution in [2.75, 3.05) is 0 Å². The Morgan fingerprint density at radius 3 is 2.23 bits per heavy atom. The maximum absolute atomic E-state index is 2.54. The molecule has 2 aliphatic rings. The van der Waals surface area contributed by atoms with Crippen molar-refractivity contribution >= 4 is 44.9 Å². The van der Waals surface area contributed by atoms with Crippen LogP contribution in [0.25, 0.3) is 38.6 Å². The zero-order valence-corrected chi connectivity index (χ0v) is 19.9. The number of hydrogen-bond acceptors (Lipinski definition) is 0. The van der Waals surface area contributed by atoms with Gasteiger partial charge in [-0.3, -0.25) is 0 Å². The molecule has 0 radical (unpaired) electrons. The van der Waals surface area contributed by atoms with Crippen molar-refractivity contribution in [1.82, 2.24) is 4.57 Å². The number of para-hydroxylation sites is 1. The fraction of sp³-hybridized carbons (Fsp3) is 0.0909. The molecule has 0 aliphatic carbocycles. The van der Waals surface area contributed by atoms with Gasteiger partial charge in [-0.1, -0.05) is 110 Å². The van der Waals surface area contributed by atoms with Gasteiger partial charge in [0, 0.05) is 27.4 Å². The number of benzene rings is 5. The molecule has 164 valence electrons. The van der Waals surface area contributed by atoms with Gasteiger partial charge in [-0.25, -0.2) is 0 Å². The SMILES string of the molecule is CC1(C)c2ccccc2B2c3c(cccc31)-n1c3ccc(-c4ccccc4)cc3c3cccc2c31. The summed E-state index contributed by atoms with van der Waals surface area (Å²) in [6, 6.07) is 40.6. The van der Waals surface area contributed by atoms with E-state index in [1.807, 2.05) is 0 Å². The lowest BCUT2D eigenvalue weighted by molar-refractivity contribution is 0.645. The third-order valence-corrected chi connectivity index (χ3v) is 8.47. The van der Waals surface area contributed by atoms with Gasteiger partial charge in [0.1, 0.15) is 0 Å². The van der Waals surface area contributed by atoms with E-state index in [1.54, 1.807) is 0 Å². The van der Waals surface area contributed by atoms with E-state index in [0.29, 0.717) is 0 Å². The predicted molar refractivity (Wildman–Crippen MR) is 149 cm³/mol. The maximum atomic E-state index is 2.54. The third-order valence-electron chi connectivity index (χ3n) is 8.47. The summed E-state index contributed by atoms with van der Waals surface area (Å²) < 4.78 is 2.54. The monoisotopic (exact) mass is 445 g/mol. The summed E-state index contributed by atoms with van der Waals surface area (Å²) in [5.41, 5.74) is 13.7. The normalized spacial score (nSPS) is 14.7. The minimum absolute atomic E-state index is 0.0345. The highest BCUT2D eigenvalue weighted by atomic mass is 15.0. The van der Waals surface area contributed by atoms with E-state index in [1.165, 1.54) is 66.1 Å². The predicted octanol–water partition coefficient (Wildman–Crippen LogP) is 5.92. The lowest BCUT2D eigenvalue weighted by atomic mass is 9.30. The molecule has 0 atom stereocenters. The fourth-order valence-corrected chi connectivity index (χ4v) is 6.93. The second-order valence-corrected chi connectivity index (χ2v) is 10.6. The largest absolute Gasteiger partial charge is 0.310 e. The second kappa shape index (κ2) is 6.55. The Bertz CT molecular complexity index is 1820. The summed E-state index contributed by atoms with van der Waals surface area (Å²) in [5, 5.41) is 2.67. The van der Waals surface area contributed by atoms with Crippen molar-refractivity contribution in [3.05, 3.63) is 120 Å². The highest BCUT2D eigenvalue weighted by molar-refractivity contribution is 6.99. The van der Waals surface area contributed by atoms with Gasteiger partial charge in [0.15, 0.2) is 0 Å². The van der Waals surface area contributed by atoms with Crippen LogP contribution in [0.15, 0.2) is 109 Å². The van der Waals surface area contributed by atoms with Crippen LogP contribution in [-0.2, 0) is 5.41 Å². The van der Waals surface area contributed by atoms with Crippen molar-refractivity contribution in [3.63, 3.8) is 0 Å². The second-order valence-electron chi connectivity index (χ2n) is 10.6. The minimum atomic E-state index is -0.0345. The van der Waals surface area contributed by atoms with Gasteiger partial charge >= 0.3 is 0 Å². The fourth-order valence-electron chi connectivity index (χ4n) is 6.93. The lowest BCUT2D eigenvalue weighted by Gasteiger charge is -2.41. The van der Waals surface area contributed by atoms with Gasteiger partial charge in [-0.05, 0) is 51.4 Å². The van der Waals surface area contributed by atoms with E-state index in [0.717, 1.165) is 0 Å². The van der Waals surface area contributed by atoms with Crippen molar-refractivity contribution in [3.8, 4) is 16.8 Å². The molecule has 0 bridgehead atoms. The van der Waals surface area contributed by atoms with Crippen LogP contribution in [0.4, 0.5) is 0 Å². The molecule has 1 nitrogen and oxygen atoms in total. The first-order valence-corrected chi connectivity index (χ1v) is 12.5. The van der Waals surface area contributed by atoms with Crippen LogP contribution in [0, 0.1) is 0 Å². The molecule has 0 saturated carbocycles. The molecule has 0 spiro atoms. The molecule has 2 heteroatoms. The Morgan fingerprint density at radius 1 is 0.600 bits per heavy atom. The van der Waals surface area contributed by atoms with Gasteiger partial charge in [-0.15, -0.1) is 0 Å². The Hall–Kier alpha value is -4.04. The average Bonchev–Trinajstić information content (AvgIpc) is 3.24. The molecular weight excluding hydrogens is 421 g/mol. The van der Waals surface area contributed by atoms with Gasteiger partial charge in [0.05, 0.1) is 5.52 Å². The lowest BCUT2D eigenvalue weighted by Crippen LogP contribution is -2.63. The van der Waals surface area contributed by atoms with E-state index in [2.05, 4.69) is 128 Å². The van der Waals surface area contributed by atoms with Gasteiger partial charge in [0.2, 0.25) is 6.71 Å². The Balaban J connectivity index is 1.53. The van der Waals surface area contributed by atoms with Crippen molar-refractivity contribution < 1.29 is 0 Å². The van der Waals surface area contributed by atoms with Crippen LogP contribution in [-0.4, -0.2) is 11.3 Å². The van der Waals surface area contributed by atoms with Gasteiger partial charge in [-0.2, -0.15) is 0 Å². The molecule has 0 amide bonds. The van der Waals surface area contributed by atoms with E-state index in [-0.39, 0.29) is 12.1 Å². The van der Waals surface area contributed by atoms with Crippen molar-refractivity contribution in [2.45, 2.75) is 19.3 Å². The summed E-state index contributed by atoms with van der Waals surface area (Å²) in [5.74, 6) is 0. The topological polar surface area (TPSA) is 4.93 Å². The van der Waals surface area contributed by atoms with Crippen LogP contribution in [0.1, 0.15) is 25.0 Å². The molecule has 3 heterocycles. The van der Waals surface area contributed by atoms with Crippen molar-refractivity contribution in [1.29, 1.82) is 0 Å². The first-order valence-electron chi connectivity index (χ1n) is 12.5. The van der Waals surface area contributed by atoms with Gasteiger partial charge < -0.3 is 4.57 Å². The zero-order valence-electron chi connectivity index (χ0n) is 19.9. The standard InChI is InChI=1S/C33H24BN/c1-33(2)25-13-6-7-15-27(25)34-28-16-8-12-23-24-20-22(21-10-4-3-5-11-21)18-19-29(24)35(32(23)28)30-17-9-14-26(33)31(30)34/h3-20H,1-2H3. The highest BCUT2D eigenvalue weighted by Crippen LogP contribution is 2.40. The first-order chi connectivity index (χ1) is 17.1. The number of aromatic nitrogens is 1. The van der Waals surface area contributed by atoms with Crippen LogP contribution in [0.3, 0.4) is 0 Å². The average molecular weight is 445 g/mol. The minimum Gasteiger partial charge on any atom is -0.310 e. The Kier molecular flexibility index (Phi) is 3.61. The summed E-state index contributed by atoms with van der Waals surface area (Å²) in [6.45, 7) is 5.03. The number of nitrogens with zero attached hydrogens (tertiary/aromatic N) is 1. The van der Waals surface area contributed by atoms with E-state index >= 15 is 0 Å². The Labute approximate surface area is 205 Å².